The van der Waals surface area contributed by atoms with E-state index < -0.39 is 0 Å². The van der Waals surface area contributed by atoms with Gasteiger partial charge in [0, 0.05) is 13.2 Å². The maximum Gasteiger partial charge on any atom is 0.137 e. The van der Waals surface area contributed by atoms with Crippen molar-refractivity contribution in [2.45, 2.75) is 33.3 Å². The number of hydrogen-bond acceptors (Lipinski definition) is 3. The Hall–Kier alpha value is -0.770. The topological polar surface area (TPSA) is 30.5 Å². The molecule has 1 rings (SSSR count). The molecule has 0 heterocycles. The molecule has 1 aromatic carbocycles. The molecular weight excluding hydrogens is 262 g/mol. The summed E-state index contributed by atoms with van der Waals surface area (Å²) in [5, 5.41) is 3.98. The Labute approximate surface area is 121 Å². The van der Waals surface area contributed by atoms with Crippen LogP contribution in [-0.4, -0.2) is 32.4 Å². The van der Waals surface area contributed by atoms with Gasteiger partial charge in [-0.2, -0.15) is 0 Å². The summed E-state index contributed by atoms with van der Waals surface area (Å²) in [6.45, 7) is 9.28. The van der Waals surface area contributed by atoms with Crippen LogP contribution >= 0.6 is 11.6 Å². The lowest BCUT2D eigenvalue weighted by molar-refractivity contribution is 0.0770. The summed E-state index contributed by atoms with van der Waals surface area (Å²) in [5.41, 5.74) is 1.14. The van der Waals surface area contributed by atoms with Gasteiger partial charge in [0.15, 0.2) is 0 Å². The fourth-order valence-corrected chi connectivity index (χ4v) is 1.89. The highest BCUT2D eigenvalue weighted by molar-refractivity contribution is 6.32. The molecule has 0 saturated carbocycles. The minimum Gasteiger partial charge on any atom is -0.491 e. The Morgan fingerprint density at radius 3 is 2.68 bits per heavy atom. The third-order valence-corrected chi connectivity index (χ3v) is 2.87. The highest BCUT2D eigenvalue weighted by Crippen LogP contribution is 2.24. The number of benzene rings is 1. The Balaban J connectivity index is 2.04. The normalized spacial score (nSPS) is 11.0. The van der Waals surface area contributed by atoms with Crippen molar-refractivity contribution in [2.24, 2.45) is 0 Å². The number of nitrogens with one attached hydrogen (secondary N) is 1. The molecule has 1 N–H and O–H groups in total. The molecule has 0 bridgehead atoms. The molecule has 0 amide bonds. The highest BCUT2D eigenvalue weighted by Gasteiger charge is 2.00. The first-order valence-corrected chi connectivity index (χ1v) is 7.18. The molecule has 0 atom stereocenters. The van der Waals surface area contributed by atoms with E-state index in [-0.39, 0.29) is 0 Å². The fraction of sp³-hybridized carbons (Fsp3) is 0.600. The summed E-state index contributed by atoms with van der Waals surface area (Å²) in [6.07, 6.45) is 1.33. The maximum atomic E-state index is 6.08. The molecule has 0 radical (unpaired) electrons. The fourth-order valence-electron chi connectivity index (χ4n) is 1.60. The van der Waals surface area contributed by atoms with E-state index in [9.17, 15) is 0 Å². The summed E-state index contributed by atoms with van der Waals surface area (Å²) >= 11 is 6.08. The summed E-state index contributed by atoms with van der Waals surface area (Å²) < 4.78 is 11.1. The molecule has 0 aliphatic heterocycles. The molecule has 0 fully saturated rings. The van der Waals surface area contributed by atoms with Crippen LogP contribution in [0.25, 0.3) is 0 Å². The van der Waals surface area contributed by atoms with Crippen molar-refractivity contribution < 1.29 is 9.47 Å². The van der Waals surface area contributed by atoms with Crippen molar-refractivity contribution in [3.8, 4) is 5.75 Å². The van der Waals surface area contributed by atoms with Crippen LogP contribution < -0.4 is 10.1 Å². The van der Waals surface area contributed by atoms with Gasteiger partial charge in [-0.1, -0.05) is 17.7 Å². The van der Waals surface area contributed by atoms with Crippen LogP contribution in [0.2, 0.25) is 5.02 Å². The number of aryl methyl sites for hydroxylation is 1. The van der Waals surface area contributed by atoms with Gasteiger partial charge in [0.1, 0.15) is 12.4 Å². The number of halogens is 1. The van der Waals surface area contributed by atoms with E-state index in [1.165, 1.54) is 0 Å². The minimum absolute atomic E-state index is 0.312. The standard InChI is InChI=1S/C15H24ClNO2/c1-12(2)18-9-4-7-17-8-10-19-15-6-5-13(3)11-14(15)16/h5-6,11-12,17H,4,7-10H2,1-3H3. The average molecular weight is 286 g/mol. The van der Waals surface area contributed by atoms with Crippen LogP contribution in [0.3, 0.4) is 0 Å². The van der Waals surface area contributed by atoms with Gasteiger partial charge in [0.2, 0.25) is 0 Å². The molecular formula is C15H24ClNO2. The molecule has 19 heavy (non-hydrogen) atoms. The Kier molecular flexibility index (Phi) is 7.87. The first kappa shape index (κ1) is 16.3. The number of rotatable bonds is 9. The van der Waals surface area contributed by atoms with Crippen LogP contribution in [0.5, 0.6) is 5.75 Å². The van der Waals surface area contributed by atoms with Crippen molar-refractivity contribution >= 4 is 11.6 Å². The van der Waals surface area contributed by atoms with Gasteiger partial charge in [-0.05, 0) is 51.4 Å². The first-order chi connectivity index (χ1) is 9.09. The van der Waals surface area contributed by atoms with Crippen LogP contribution in [0.15, 0.2) is 18.2 Å². The van der Waals surface area contributed by atoms with E-state index in [1.54, 1.807) is 0 Å². The van der Waals surface area contributed by atoms with Crippen molar-refractivity contribution in [2.75, 3.05) is 26.3 Å². The van der Waals surface area contributed by atoms with Crippen LogP contribution in [0.4, 0.5) is 0 Å². The van der Waals surface area contributed by atoms with Crippen LogP contribution in [0, 0.1) is 6.92 Å². The van der Waals surface area contributed by atoms with Crippen LogP contribution in [-0.2, 0) is 4.74 Å². The molecule has 3 nitrogen and oxygen atoms in total. The van der Waals surface area contributed by atoms with Gasteiger partial charge >= 0.3 is 0 Å². The molecule has 0 aromatic heterocycles. The highest BCUT2D eigenvalue weighted by atomic mass is 35.5. The number of hydrogen-bond donors (Lipinski definition) is 1. The van der Waals surface area contributed by atoms with Crippen molar-refractivity contribution in [3.63, 3.8) is 0 Å². The molecule has 108 valence electrons. The second kappa shape index (κ2) is 9.18. The van der Waals surface area contributed by atoms with E-state index in [1.807, 2.05) is 39.0 Å². The molecule has 0 unspecified atom stereocenters. The van der Waals surface area contributed by atoms with Gasteiger partial charge in [0.05, 0.1) is 11.1 Å². The Morgan fingerprint density at radius 1 is 1.21 bits per heavy atom. The Bertz CT molecular complexity index is 369. The summed E-state index contributed by atoms with van der Waals surface area (Å²) in [7, 11) is 0. The second-order valence-corrected chi connectivity index (χ2v) is 5.21. The molecule has 0 aliphatic carbocycles. The molecule has 1 aromatic rings. The zero-order chi connectivity index (χ0) is 14.1. The van der Waals surface area contributed by atoms with Crippen molar-refractivity contribution in [1.29, 1.82) is 0 Å². The van der Waals surface area contributed by atoms with E-state index in [0.717, 1.165) is 37.4 Å². The zero-order valence-electron chi connectivity index (χ0n) is 12.0. The van der Waals surface area contributed by atoms with Gasteiger partial charge in [-0.25, -0.2) is 0 Å². The lowest BCUT2D eigenvalue weighted by Crippen LogP contribution is -2.23. The Morgan fingerprint density at radius 2 is 2.00 bits per heavy atom. The number of ether oxygens (including phenoxy) is 2. The van der Waals surface area contributed by atoms with E-state index in [2.05, 4.69) is 5.32 Å². The monoisotopic (exact) mass is 285 g/mol. The molecule has 0 spiro atoms. The van der Waals surface area contributed by atoms with E-state index in [4.69, 9.17) is 21.1 Å². The van der Waals surface area contributed by atoms with Gasteiger partial charge < -0.3 is 14.8 Å². The van der Waals surface area contributed by atoms with Crippen molar-refractivity contribution in [3.05, 3.63) is 28.8 Å². The lowest BCUT2D eigenvalue weighted by atomic mass is 10.2. The molecule has 4 heteroatoms. The minimum atomic E-state index is 0.312. The molecule has 0 aliphatic rings. The second-order valence-electron chi connectivity index (χ2n) is 4.81. The SMILES string of the molecule is Cc1ccc(OCCNCCCOC(C)C)c(Cl)c1. The largest absolute Gasteiger partial charge is 0.491 e. The smallest absolute Gasteiger partial charge is 0.137 e. The lowest BCUT2D eigenvalue weighted by Gasteiger charge is -2.10. The van der Waals surface area contributed by atoms with Gasteiger partial charge in [-0.3, -0.25) is 0 Å². The third kappa shape index (κ3) is 7.41. The zero-order valence-corrected chi connectivity index (χ0v) is 12.8. The van der Waals surface area contributed by atoms with Crippen molar-refractivity contribution in [1.82, 2.24) is 5.32 Å². The van der Waals surface area contributed by atoms with Crippen LogP contribution in [0.1, 0.15) is 25.8 Å². The summed E-state index contributed by atoms with van der Waals surface area (Å²) in [5.74, 6) is 0.747. The predicted molar refractivity (Wildman–Crippen MR) is 80.3 cm³/mol. The maximum absolute atomic E-state index is 6.08. The van der Waals surface area contributed by atoms with Gasteiger partial charge in [-0.15, -0.1) is 0 Å². The molecule has 0 saturated heterocycles. The van der Waals surface area contributed by atoms with E-state index in [0.29, 0.717) is 17.7 Å². The average Bonchev–Trinajstić information content (AvgIpc) is 2.34. The van der Waals surface area contributed by atoms with Gasteiger partial charge in [0.25, 0.3) is 0 Å². The summed E-state index contributed by atoms with van der Waals surface area (Å²) in [6, 6.07) is 5.82. The third-order valence-electron chi connectivity index (χ3n) is 2.57. The van der Waals surface area contributed by atoms with E-state index >= 15 is 0 Å². The summed E-state index contributed by atoms with van der Waals surface area (Å²) in [4.78, 5) is 0. The first-order valence-electron chi connectivity index (χ1n) is 6.81. The quantitative estimate of drug-likeness (QED) is 0.705. The predicted octanol–water partition coefficient (Wildman–Crippen LogP) is 3.43.